The molecule has 71 heavy (non-hydrogen) atoms. The van der Waals surface area contributed by atoms with Gasteiger partial charge in [-0.15, -0.1) is 0 Å². The van der Waals surface area contributed by atoms with Gasteiger partial charge in [0, 0.05) is 65.1 Å². The van der Waals surface area contributed by atoms with Crippen molar-refractivity contribution in [3.8, 4) is 0 Å². The van der Waals surface area contributed by atoms with Crippen molar-refractivity contribution in [3.05, 3.63) is 47.6 Å². The summed E-state index contributed by atoms with van der Waals surface area (Å²) in [6.07, 6.45) is 10.8. The van der Waals surface area contributed by atoms with Gasteiger partial charge >= 0.3 is 13.6 Å². The highest BCUT2D eigenvalue weighted by Crippen LogP contribution is 2.48. The predicted molar refractivity (Wildman–Crippen MR) is 269 cm³/mol. The van der Waals surface area contributed by atoms with E-state index in [0.29, 0.717) is 69.8 Å². The molecule has 0 spiro atoms. The molecule has 2 N–H and O–H groups in total. The molecule has 3 heterocycles. The summed E-state index contributed by atoms with van der Waals surface area (Å²) in [5.41, 5.74) is 1.24. The molecule has 1 amide bonds. The summed E-state index contributed by atoms with van der Waals surface area (Å²) in [4.78, 5) is 72.4. The van der Waals surface area contributed by atoms with Gasteiger partial charge in [-0.25, -0.2) is 4.79 Å². The van der Waals surface area contributed by atoms with Gasteiger partial charge in [-0.2, -0.15) is 0 Å². The van der Waals surface area contributed by atoms with Crippen LogP contribution < -0.4 is 0 Å². The fourth-order valence-electron chi connectivity index (χ4n) is 10.7. The number of aliphatic hydroxyl groups excluding tert-OH is 1. The van der Waals surface area contributed by atoms with E-state index in [2.05, 4.69) is 0 Å². The number of cyclic esters (lactones) is 1. The SMILES string of the molecule is CCOP(C)(=O)O[C@@H]1CCC(C[C@@H](C)[C@@H]2CC(=O)[C@H](C)/C=C(\C)[C@@H](O)[C@@H](OC)C(=O)[C@H](C)C[C@H](C)/C=C/C=C/C=C(\C)[C@@H](OC)C[C@@H]3CC[C@@H](C)[C@@](O)(O3)C(=O)C(=O)N3CCCC[C@H]3C(=O)O2)C[C@H]1OC. The molecule has 1 saturated carbocycles. The van der Waals surface area contributed by atoms with E-state index in [1.54, 1.807) is 48.0 Å². The summed E-state index contributed by atoms with van der Waals surface area (Å²) in [6, 6.07) is -1.17. The third-order valence-corrected chi connectivity index (χ3v) is 16.5. The van der Waals surface area contributed by atoms with Crippen molar-refractivity contribution in [2.24, 2.45) is 35.5 Å². The second-order valence-corrected chi connectivity index (χ2v) is 22.9. The van der Waals surface area contributed by atoms with Gasteiger partial charge in [0.15, 0.2) is 5.78 Å². The monoisotopic (exact) mass is 1020 g/mol. The topological polar surface area (TPSA) is 211 Å². The number of carbonyl (C=O) groups excluding carboxylic acids is 5. The van der Waals surface area contributed by atoms with Crippen molar-refractivity contribution in [2.45, 2.75) is 187 Å². The van der Waals surface area contributed by atoms with Crippen LogP contribution in [0, 0.1) is 35.5 Å². The highest BCUT2D eigenvalue weighted by molar-refractivity contribution is 7.53. The largest absolute Gasteiger partial charge is 0.460 e. The highest BCUT2D eigenvalue weighted by Gasteiger charge is 2.53. The molecule has 0 radical (unpaired) electrons. The molecule has 0 aromatic carbocycles. The molecule has 402 valence electrons. The van der Waals surface area contributed by atoms with Gasteiger partial charge < -0.3 is 47.8 Å². The van der Waals surface area contributed by atoms with Gasteiger partial charge in [0.05, 0.1) is 31.0 Å². The minimum Gasteiger partial charge on any atom is -0.460 e. The molecule has 4 aliphatic rings. The van der Waals surface area contributed by atoms with Crippen molar-refractivity contribution in [2.75, 3.05) is 41.1 Å². The van der Waals surface area contributed by atoms with E-state index >= 15 is 0 Å². The number of methoxy groups -OCH3 is 3. The van der Waals surface area contributed by atoms with Crippen molar-refractivity contribution in [3.63, 3.8) is 0 Å². The molecule has 0 aromatic heterocycles. The van der Waals surface area contributed by atoms with E-state index in [1.165, 1.54) is 18.7 Å². The Kier molecular flexibility index (Phi) is 23.7. The number of ether oxygens (including phenoxy) is 5. The number of aliphatic hydroxyl groups is 2. The summed E-state index contributed by atoms with van der Waals surface area (Å²) in [6.45, 7) is 16.1. The van der Waals surface area contributed by atoms with Crippen LogP contribution in [0.1, 0.15) is 132 Å². The summed E-state index contributed by atoms with van der Waals surface area (Å²) < 4.78 is 54.0. The van der Waals surface area contributed by atoms with Crippen LogP contribution in [0.25, 0.3) is 0 Å². The van der Waals surface area contributed by atoms with E-state index in [0.717, 1.165) is 5.57 Å². The average molecular weight is 1020 g/mol. The number of hydrogen-bond donors (Lipinski definition) is 2. The first kappa shape index (κ1) is 60.4. The van der Waals surface area contributed by atoms with Gasteiger partial charge in [0.2, 0.25) is 5.79 Å². The molecular formula is C54H86NO15P. The number of ketones is 3. The molecule has 3 aliphatic heterocycles. The molecule has 0 aromatic rings. The van der Waals surface area contributed by atoms with Crippen molar-refractivity contribution in [1.82, 2.24) is 4.90 Å². The minimum atomic E-state index is -3.32. The minimum absolute atomic E-state index is 0.00668. The van der Waals surface area contributed by atoms with Crippen molar-refractivity contribution >= 4 is 36.8 Å². The van der Waals surface area contributed by atoms with E-state index in [-0.39, 0.29) is 55.3 Å². The number of piperidine rings is 1. The van der Waals surface area contributed by atoms with Crippen LogP contribution in [-0.4, -0.2) is 140 Å². The van der Waals surface area contributed by atoms with Crippen LogP contribution in [0.3, 0.4) is 0 Å². The van der Waals surface area contributed by atoms with Gasteiger partial charge in [0.1, 0.15) is 30.1 Å². The molecule has 4 rings (SSSR count). The number of Topliss-reactive ketones (excluding diaryl/α,β-unsaturated/α-hetero) is 3. The van der Waals surface area contributed by atoms with Gasteiger partial charge in [-0.05, 0) is 114 Å². The van der Waals surface area contributed by atoms with Crippen molar-refractivity contribution in [1.29, 1.82) is 0 Å². The Morgan fingerprint density at radius 1 is 0.873 bits per heavy atom. The number of allylic oxidation sites excluding steroid dienone is 6. The summed E-state index contributed by atoms with van der Waals surface area (Å²) >= 11 is 0. The number of esters is 1. The Morgan fingerprint density at radius 3 is 2.25 bits per heavy atom. The maximum absolute atomic E-state index is 14.5. The Labute approximate surface area is 423 Å². The van der Waals surface area contributed by atoms with Crippen LogP contribution in [0.5, 0.6) is 0 Å². The Hall–Kier alpha value is -3.18. The lowest BCUT2D eigenvalue weighted by Crippen LogP contribution is -2.61. The molecule has 17 heteroatoms. The highest BCUT2D eigenvalue weighted by atomic mass is 31.2. The quantitative estimate of drug-likeness (QED) is 0.0917. The predicted octanol–water partition coefficient (Wildman–Crippen LogP) is 8.06. The van der Waals surface area contributed by atoms with Gasteiger partial charge in [-0.3, -0.25) is 23.7 Å². The van der Waals surface area contributed by atoms with Gasteiger partial charge in [0.25, 0.3) is 11.7 Å². The second kappa shape index (κ2) is 27.9. The smallest absolute Gasteiger partial charge is 0.329 e. The molecule has 2 saturated heterocycles. The third-order valence-electron chi connectivity index (χ3n) is 15.1. The lowest BCUT2D eigenvalue weighted by atomic mass is 9.78. The van der Waals surface area contributed by atoms with E-state index in [4.69, 9.17) is 32.7 Å². The molecule has 3 fully saturated rings. The van der Waals surface area contributed by atoms with Crippen LogP contribution in [0.4, 0.5) is 0 Å². The van der Waals surface area contributed by atoms with Crippen LogP contribution in [-0.2, 0) is 61.3 Å². The zero-order valence-corrected chi connectivity index (χ0v) is 45.4. The lowest BCUT2D eigenvalue weighted by Gasteiger charge is -2.42. The zero-order valence-electron chi connectivity index (χ0n) is 44.5. The molecule has 16 atom stereocenters. The molecule has 2 unspecified atom stereocenters. The normalized spacial score (nSPS) is 38.9. The van der Waals surface area contributed by atoms with Crippen LogP contribution in [0.15, 0.2) is 47.6 Å². The Bertz CT molecular complexity index is 1980. The summed E-state index contributed by atoms with van der Waals surface area (Å²) in [7, 11) is 1.20. The van der Waals surface area contributed by atoms with Crippen molar-refractivity contribution < 1.29 is 71.5 Å². The number of nitrogens with zero attached hydrogens (tertiary/aromatic N) is 1. The van der Waals surface area contributed by atoms with Crippen LogP contribution >= 0.6 is 7.60 Å². The van der Waals surface area contributed by atoms with E-state index < -0.39 is 97.6 Å². The van der Waals surface area contributed by atoms with E-state index in [9.17, 15) is 38.8 Å². The first-order chi connectivity index (χ1) is 33.5. The molecule has 2 bridgehead atoms. The lowest BCUT2D eigenvalue weighted by molar-refractivity contribution is -0.265. The van der Waals surface area contributed by atoms with Crippen LogP contribution in [0.2, 0.25) is 0 Å². The first-order valence-electron chi connectivity index (χ1n) is 25.9. The average Bonchev–Trinajstić information content (AvgIpc) is 3.33. The standard InChI is InChI=1S/C54H86NO15P/c1-13-67-71(12,63)70-44-25-23-40(30-47(44)65-10)29-36(5)46-32-43(56)35(4)28-38(7)49(58)50(66-11)48(57)37(6)27-33(2)19-15-14-16-20-34(3)45(64-9)31-41-24-22-39(8)54(62,69-41)51(59)52(60)55-26-18-17-21-42(55)53(61)68-46/h14-16,19-20,28,33,35-37,39-42,44-47,49-50,58,62H,13,17-18,21-27,29-32H2,1-12H3/b16-14+,19-15+,34-20+,38-28+/t33-,35-,36-,37-,39-,40?,41+,42+,44-,45+,46+,47-,49-,50+,54-,71?/m1/s1. The number of hydrogen-bond acceptors (Lipinski definition) is 15. The maximum Gasteiger partial charge on any atom is 0.329 e. The maximum atomic E-state index is 14.5. The number of fused-ring (bicyclic) bond motifs is 3. The summed E-state index contributed by atoms with van der Waals surface area (Å²) in [5, 5.41) is 23.5. The molecule has 1 aliphatic carbocycles. The second-order valence-electron chi connectivity index (χ2n) is 20.9. The zero-order chi connectivity index (χ0) is 52.8. The van der Waals surface area contributed by atoms with E-state index in [1.807, 2.05) is 58.1 Å². The number of rotatable bonds is 10. The first-order valence-corrected chi connectivity index (χ1v) is 27.9. The molecular weight excluding hydrogens is 934 g/mol. The number of amides is 1. The third kappa shape index (κ3) is 16.7. The van der Waals surface area contributed by atoms with Gasteiger partial charge in [-0.1, -0.05) is 71.1 Å². The Morgan fingerprint density at radius 2 is 1.59 bits per heavy atom. The summed E-state index contributed by atoms with van der Waals surface area (Å²) in [5.74, 6) is -8.26. The Balaban J connectivity index is 1.70. The number of carbonyl (C=O) groups is 5. The fourth-order valence-corrected chi connectivity index (χ4v) is 12.0. The fraction of sp³-hybridized carbons (Fsp3) is 0.759. The molecule has 16 nitrogen and oxygen atoms in total.